The van der Waals surface area contributed by atoms with Gasteiger partial charge in [0.15, 0.2) is 0 Å². The summed E-state index contributed by atoms with van der Waals surface area (Å²) in [6, 6.07) is 6.62. The molecule has 0 N–H and O–H groups in total. The highest BCUT2D eigenvalue weighted by Crippen LogP contribution is 2.29. The summed E-state index contributed by atoms with van der Waals surface area (Å²) in [6.07, 6.45) is 5.68. The Balaban J connectivity index is 1.87. The van der Waals surface area contributed by atoms with Gasteiger partial charge in [0.05, 0.1) is 23.0 Å². The Morgan fingerprint density at radius 3 is 2.78 bits per heavy atom. The number of hydrogen-bond acceptors (Lipinski definition) is 3. The average Bonchev–Trinajstić information content (AvgIpc) is 3.29. The largest absolute Gasteiger partial charge is 0.336 e. The summed E-state index contributed by atoms with van der Waals surface area (Å²) in [5.74, 6) is -0.427. The molecule has 27 heavy (non-hydrogen) atoms. The number of hydrogen-bond donors (Lipinski definition) is 0. The van der Waals surface area contributed by atoms with Gasteiger partial charge in [-0.3, -0.25) is 9.48 Å². The molecule has 0 spiro atoms. The number of halogens is 1. The number of fused-ring (bicyclic) bond motifs is 1. The van der Waals surface area contributed by atoms with Crippen molar-refractivity contribution in [3.63, 3.8) is 0 Å². The molecular formula is C21H23FN4O. The number of likely N-dealkylation sites (tertiary alicyclic amines) is 1. The van der Waals surface area contributed by atoms with E-state index in [0.29, 0.717) is 22.2 Å². The molecule has 2 aromatic heterocycles. The summed E-state index contributed by atoms with van der Waals surface area (Å²) in [5.41, 5.74) is 2.64. The Labute approximate surface area is 157 Å². The molecule has 4 rings (SSSR count). The SMILES string of the molecule is CC(C)n1cc(-c2cc(C(=O)N3CCC[C@H]3C)c3cc(F)ccc3n2)cn1. The molecule has 0 aliphatic carbocycles. The zero-order valence-electron chi connectivity index (χ0n) is 15.8. The van der Waals surface area contributed by atoms with Crippen molar-refractivity contribution in [2.75, 3.05) is 6.54 Å². The predicted octanol–water partition coefficient (Wildman–Crippen LogP) is 4.44. The van der Waals surface area contributed by atoms with E-state index in [1.165, 1.54) is 12.1 Å². The molecular weight excluding hydrogens is 343 g/mol. The van der Waals surface area contributed by atoms with Gasteiger partial charge in [-0.1, -0.05) is 0 Å². The van der Waals surface area contributed by atoms with Gasteiger partial charge in [0.25, 0.3) is 5.91 Å². The lowest BCUT2D eigenvalue weighted by Crippen LogP contribution is -2.33. The molecule has 1 aliphatic rings. The van der Waals surface area contributed by atoms with Crippen LogP contribution in [0.4, 0.5) is 4.39 Å². The van der Waals surface area contributed by atoms with Crippen LogP contribution in [-0.2, 0) is 0 Å². The second kappa shape index (κ2) is 6.76. The van der Waals surface area contributed by atoms with Crippen LogP contribution in [0.15, 0.2) is 36.7 Å². The van der Waals surface area contributed by atoms with Gasteiger partial charge in [-0.2, -0.15) is 5.10 Å². The molecule has 1 fully saturated rings. The number of rotatable bonds is 3. The molecule has 1 amide bonds. The Morgan fingerprint density at radius 1 is 1.30 bits per heavy atom. The van der Waals surface area contributed by atoms with Crippen LogP contribution < -0.4 is 0 Å². The van der Waals surface area contributed by atoms with Crippen molar-refractivity contribution in [3.05, 3.63) is 48.0 Å². The van der Waals surface area contributed by atoms with Crippen LogP contribution in [0, 0.1) is 5.82 Å². The highest BCUT2D eigenvalue weighted by atomic mass is 19.1. The third-order valence-corrected chi connectivity index (χ3v) is 5.24. The lowest BCUT2D eigenvalue weighted by atomic mass is 10.0. The second-order valence-corrected chi connectivity index (χ2v) is 7.51. The second-order valence-electron chi connectivity index (χ2n) is 7.51. The molecule has 1 aromatic carbocycles. The molecule has 0 radical (unpaired) electrons. The van der Waals surface area contributed by atoms with Gasteiger partial charge in [-0.05, 0) is 57.9 Å². The van der Waals surface area contributed by atoms with Crippen LogP contribution in [0.3, 0.4) is 0 Å². The smallest absolute Gasteiger partial charge is 0.254 e. The van der Waals surface area contributed by atoms with Crippen molar-refractivity contribution in [2.45, 2.75) is 45.7 Å². The molecule has 3 heterocycles. The average molecular weight is 366 g/mol. The van der Waals surface area contributed by atoms with E-state index in [4.69, 9.17) is 0 Å². The van der Waals surface area contributed by atoms with Gasteiger partial charge in [0, 0.05) is 35.8 Å². The highest BCUT2D eigenvalue weighted by Gasteiger charge is 2.28. The Morgan fingerprint density at radius 2 is 2.11 bits per heavy atom. The number of carbonyl (C=O) groups is 1. The molecule has 5 nitrogen and oxygen atoms in total. The summed E-state index contributed by atoms with van der Waals surface area (Å²) < 4.78 is 15.7. The summed E-state index contributed by atoms with van der Waals surface area (Å²) in [4.78, 5) is 19.8. The van der Waals surface area contributed by atoms with E-state index in [-0.39, 0.29) is 23.8 Å². The third-order valence-electron chi connectivity index (χ3n) is 5.24. The van der Waals surface area contributed by atoms with Crippen LogP contribution in [0.5, 0.6) is 0 Å². The molecule has 0 unspecified atom stereocenters. The van der Waals surface area contributed by atoms with Gasteiger partial charge in [-0.25, -0.2) is 9.37 Å². The minimum absolute atomic E-state index is 0.0597. The van der Waals surface area contributed by atoms with Crippen LogP contribution in [-0.4, -0.2) is 38.2 Å². The summed E-state index contributed by atoms with van der Waals surface area (Å²) >= 11 is 0. The molecule has 6 heteroatoms. The van der Waals surface area contributed by atoms with Gasteiger partial charge in [0.2, 0.25) is 0 Å². The number of benzene rings is 1. The van der Waals surface area contributed by atoms with Crippen LogP contribution in [0.25, 0.3) is 22.2 Å². The van der Waals surface area contributed by atoms with Crippen LogP contribution in [0.1, 0.15) is 50.0 Å². The van der Waals surface area contributed by atoms with E-state index in [0.717, 1.165) is 24.9 Å². The van der Waals surface area contributed by atoms with Gasteiger partial charge < -0.3 is 4.90 Å². The van der Waals surface area contributed by atoms with E-state index < -0.39 is 0 Å². The number of amides is 1. The number of aromatic nitrogens is 3. The van der Waals surface area contributed by atoms with Crippen molar-refractivity contribution < 1.29 is 9.18 Å². The first kappa shape index (κ1) is 17.6. The summed E-state index contributed by atoms with van der Waals surface area (Å²) in [5, 5.41) is 4.93. The predicted molar refractivity (Wildman–Crippen MR) is 103 cm³/mol. The van der Waals surface area contributed by atoms with E-state index in [1.807, 2.05) is 15.8 Å². The monoisotopic (exact) mass is 366 g/mol. The maximum atomic E-state index is 13.9. The van der Waals surface area contributed by atoms with Gasteiger partial charge in [0.1, 0.15) is 5.82 Å². The highest BCUT2D eigenvalue weighted by molar-refractivity contribution is 6.07. The summed E-state index contributed by atoms with van der Waals surface area (Å²) in [6.45, 7) is 6.90. The fourth-order valence-electron chi connectivity index (χ4n) is 3.67. The van der Waals surface area contributed by atoms with Crippen molar-refractivity contribution in [1.29, 1.82) is 0 Å². The van der Waals surface area contributed by atoms with E-state index in [1.54, 1.807) is 18.3 Å². The standard InChI is InChI=1S/C21H23FN4O/c1-13(2)26-12-15(11-23-26)20-10-18(21(27)25-8-4-5-14(25)3)17-9-16(22)6-7-19(17)24-20/h6-7,9-14H,4-5,8H2,1-3H3/t14-/m1/s1. The number of pyridine rings is 1. The maximum Gasteiger partial charge on any atom is 0.254 e. The first-order valence-corrected chi connectivity index (χ1v) is 9.40. The quantitative estimate of drug-likeness (QED) is 0.688. The molecule has 1 saturated heterocycles. The Kier molecular flexibility index (Phi) is 4.42. The van der Waals surface area contributed by atoms with Crippen LogP contribution >= 0.6 is 0 Å². The van der Waals surface area contributed by atoms with Crippen LogP contribution in [0.2, 0.25) is 0 Å². The van der Waals surface area contributed by atoms with E-state index >= 15 is 0 Å². The van der Waals surface area contributed by atoms with Crippen molar-refractivity contribution >= 4 is 16.8 Å². The minimum atomic E-state index is -0.367. The normalized spacial score (nSPS) is 17.2. The van der Waals surface area contributed by atoms with E-state index in [2.05, 4.69) is 30.9 Å². The molecule has 0 bridgehead atoms. The zero-order chi connectivity index (χ0) is 19.1. The first-order chi connectivity index (χ1) is 12.9. The molecule has 140 valence electrons. The molecule has 1 atom stereocenters. The number of nitrogens with zero attached hydrogens (tertiary/aromatic N) is 4. The lowest BCUT2D eigenvalue weighted by Gasteiger charge is -2.22. The van der Waals surface area contributed by atoms with E-state index in [9.17, 15) is 9.18 Å². The number of carbonyl (C=O) groups excluding carboxylic acids is 1. The fraction of sp³-hybridized carbons (Fsp3) is 0.381. The maximum absolute atomic E-state index is 13.9. The Hall–Kier alpha value is -2.76. The minimum Gasteiger partial charge on any atom is -0.336 e. The van der Waals surface area contributed by atoms with Crippen molar-refractivity contribution in [3.8, 4) is 11.3 Å². The molecule has 1 aliphatic heterocycles. The molecule has 0 saturated carbocycles. The van der Waals surface area contributed by atoms with Crippen molar-refractivity contribution in [2.24, 2.45) is 0 Å². The first-order valence-electron chi connectivity index (χ1n) is 9.40. The lowest BCUT2D eigenvalue weighted by molar-refractivity contribution is 0.0749. The van der Waals surface area contributed by atoms with Crippen molar-refractivity contribution in [1.82, 2.24) is 19.7 Å². The topological polar surface area (TPSA) is 51.0 Å². The zero-order valence-corrected chi connectivity index (χ0v) is 15.8. The Bertz CT molecular complexity index is 1010. The van der Waals surface area contributed by atoms with Gasteiger partial charge >= 0.3 is 0 Å². The fourth-order valence-corrected chi connectivity index (χ4v) is 3.67. The third kappa shape index (κ3) is 3.20. The van der Waals surface area contributed by atoms with Gasteiger partial charge in [-0.15, -0.1) is 0 Å². The molecule has 3 aromatic rings. The summed E-state index contributed by atoms with van der Waals surface area (Å²) in [7, 11) is 0.